The van der Waals surface area contributed by atoms with Crippen LogP contribution < -0.4 is 14.5 Å². The molecule has 0 saturated carbocycles. The number of piperazine rings is 1. The van der Waals surface area contributed by atoms with Crippen LogP contribution in [-0.2, 0) is 16.6 Å². The summed E-state index contributed by atoms with van der Waals surface area (Å²) in [5, 5.41) is -0.403. The maximum Gasteiger partial charge on any atom is 0.214 e. The molecule has 0 amide bonds. The van der Waals surface area contributed by atoms with E-state index in [4.69, 9.17) is 0 Å². The molecule has 0 spiro atoms. The smallest absolute Gasteiger partial charge is 0.214 e. The van der Waals surface area contributed by atoms with Crippen LogP contribution in [0.25, 0.3) is 0 Å². The molecular formula is C19H27N5O2S. The van der Waals surface area contributed by atoms with Crippen molar-refractivity contribution in [1.29, 1.82) is 0 Å². The van der Waals surface area contributed by atoms with Gasteiger partial charge in [0.25, 0.3) is 0 Å². The zero-order chi connectivity index (χ0) is 19.3. The van der Waals surface area contributed by atoms with E-state index >= 15 is 0 Å². The third kappa shape index (κ3) is 4.75. The molecule has 2 aromatic heterocycles. The van der Waals surface area contributed by atoms with Gasteiger partial charge in [0.15, 0.2) is 0 Å². The summed E-state index contributed by atoms with van der Waals surface area (Å²) in [6.07, 6.45) is 4.15. The number of nitrogens with zero attached hydrogens (tertiary/aromatic N) is 4. The largest absolute Gasteiger partial charge is 0.353 e. The van der Waals surface area contributed by atoms with E-state index in [-0.39, 0.29) is 6.54 Å². The van der Waals surface area contributed by atoms with Crippen LogP contribution in [0.5, 0.6) is 0 Å². The molecule has 0 aliphatic carbocycles. The van der Waals surface area contributed by atoms with Crippen LogP contribution >= 0.6 is 0 Å². The minimum atomic E-state index is -3.31. The Morgan fingerprint density at radius 1 is 1.04 bits per heavy atom. The Kier molecular flexibility index (Phi) is 6.28. The Bertz CT molecular complexity index is 836. The Morgan fingerprint density at radius 2 is 1.74 bits per heavy atom. The maximum atomic E-state index is 12.3. The van der Waals surface area contributed by atoms with Crippen LogP contribution in [0.15, 0.2) is 42.7 Å². The molecule has 146 valence electrons. The molecule has 0 aromatic carbocycles. The molecule has 2 aromatic rings. The number of aromatic nitrogens is 2. The summed E-state index contributed by atoms with van der Waals surface area (Å²) < 4.78 is 27.3. The first-order valence-corrected chi connectivity index (χ1v) is 10.9. The second kappa shape index (κ2) is 8.67. The van der Waals surface area contributed by atoms with E-state index in [1.807, 2.05) is 43.5 Å². The van der Waals surface area contributed by atoms with Crippen LogP contribution in [0.2, 0.25) is 0 Å². The van der Waals surface area contributed by atoms with Gasteiger partial charge in [-0.1, -0.05) is 19.1 Å². The van der Waals surface area contributed by atoms with Crippen molar-refractivity contribution in [3.8, 4) is 0 Å². The lowest BCUT2D eigenvalue weighted by Gasteiger charge is -2.36. The van der Waals surface area contributed by atoms with Crippen molar-refractivity contribution < 1.29 is 8.42 Å². The van der Waals surface area contributed by atoms with Crippen LogP contribution in [-0.4, -0.2) is 49.8 Å². The number of hydrogen-bond donors (Lipinski definition) is 1. The van der Waals surface area contributed by atoms with Crippen molar-refractivity contribution in [1.82, 2.24) is 14.7 Å². The van der Waals surface area contributed by atoms with Gasteiger partial charge in [-0.05, 0) is 31.5 Å². The zero-order valence-corrected chi connectivity index (χ0v) is 16.7. The number of sulfonamides is 1. The maximum absolute atomic E-state index is 12.3. The molecule has 3 rings (SSSR count). The number of hydrogen-bond acceptors (Lipinski definition) is 6. The molecule has 1 fully saturated rings. The van der Waals surface area contributed by atoms with E-state index in [1.165, 1.54) is 0 Å². The molecule has 0 radical (unpaired) electrons. The highest BCUT2D eigenvalue weighted by Crippen LogP contribution is 2.21. The van der Waals surface area contributed by atoms with Crippen LogP contribution in [0, 0.1) is 0 Å². The normalized spacial score (nSPS) is 16.4. The molecular weight excluding hydrogens is 362 g/mol. The molecule has 0 unspecified atom stereocenters. The van der Waals surface area contributed by atoms with Gasteiger partial charge in [0.1, 0.15) is 11.6 Å². The Labute approximate surface area is 161 Å². The molecule has 1 N–H and O–H groups in total. The third-order valence-corrected chi connectivity index (χ3v) is 6.93. The standard InChI is InChI=1S/C19H27N5O2S/c1-3-16(2)27(25,26)22-15-17-7-6-10-21-19(17)24-13-11-23(12-14-24)18-8-4-5-9-20-18/h4-10,16,22H,3,11-15H2,1-2H3/t16-/m1/s1. The third-order valence-electron chi connectivity index (χ3n) is 4.99. The van der Waals surface area contributed by atoms with Gasteiger partial charge in [-0.25, -0.2) is 23.1 Å². The van der Waals surface area contributed by atoms with Gasteiger partial charge in [0.2, 0.25) is 10.0 Å². The number of pyridine rings is 2. The summed E-state index contributed by atoms with van der Waals surface area (Å²) in [4.78, 5) is 13.4. The van der Waals surface area contributed by atoms with E-state index in [0.717, 1.165) is 43.4 Å². The first-order chi connectivity index (χ1) is 13.0. The molecule has 1 atom stereocenters. The molecule has 27 heavy (non-hydrogen) atoms. The van der Waals surface area contributed by atoms with Crippen molar-refractivity contribution in [2.75, 3.05) is 36.0 Å². The van der Waals surface area contributed by atoms with E-state index < -0.39 is 15.3 Å². The predicted octanol–water partition coefficient (Wildman–Crippen LogP) is 2.02. The van der Waals surface area contributed by atoms with Crippen molar-refractivity contribution in [3.63, 3.8) is 0 Å². The average molecular weight is 390 g/mol. The van der Waals surface area contributed by atoms with Gasteiger partial charge in [-0.15, -0.1) is 0 Å². The Balaban J connectivity index is 1.66. The second-order valence-corrected chi connectivity index (χ2v) is 8.92. The van der Waals surface area contributed by atoms with Crippen molar-refractivity contribution >= 4 is 21.7 Å². The van der Waals surface area contributed by atoms with Gasteiger partial charge in [0, 0.05) is 50.7 Å². The van der Waals surface area contributed by atoms with Gasteiger partial charge in [-0.3, -0.25) is 0 Å². The molecule has 1 aliphatic rings. The molecule has 3 heterocycles. The fraction of sp³-hybridized carbons (Fsp3) is 0.474. The highest BCUT2D eigenvalue weighted by Gasteiger charge is 2.23. The fourth-order valence-electron chi connectivity index (χ4n) is 3.08. The molecule has 1 saturated heterocycles. The Hall–Kier alpha value is -2.19. The number of nitrogens with one attached hydrogen (secondary N) is 1. The SMILES string of the molecule is CC[C@@H](C)S(=O)(=O)NCc1cccnc1N1CCN(c2ccccn2)CC1. The highest BCUT2D eigenvalue weighted by atomic mass is 32.2. The fourth-order valence-corrected chi connectivity index (χ4v) is 4.16. The first kappa shape index (κ1) is 19.6. The molecule has 8 heteroatoms. The summed E-state index contributed by atoms with van der Waals surface area (Å²) in [7, 11) is -3.31. The lowest BCUT2D eigenvalue weighted by Crippen LogP contribution is -2.47. The quantitative estimate of drug-likeness (QED) is 0.781. The Morgan fingerprint density at radius 3 is 2.41 bits per heavy atom. The highest BCUT2D eigenvalue weighted by molar-refractivity contribution is 7.90. The summed E-state index contributed by atoms with van der Waals surface area (Å²) >= 11 is 0. The minimum absolute atomic E-state index is 0.260. The van der Waals surface area contributed by atoms with E-state index in [9.17, 15) is 8.42 Å². The molecule has 0 bridgehead atoms. The predicted molar refractivity (Wildman–Crippen MR) is 108 cm³/mol. The number of rotatable bonds is 7. The molecule has 7 nitrogen and oxygen atoms in total. The second-order valence-electron chi connectivity index (χ2n) is 6.73. The van der Waals surface area contributed by atoms with Crippen molar-refractivity contribution in [3.05, 3.63) is 48.3 Å². The van der Waals surface area contributed by atoms with Gasteiger partial charge in [0.05, 0.1) is 5.25 Å². The van der Waals surface area contributed by atoms with Gasteiger partial charge < -0.3 is 9.80 Å². The lowest BCUT2D eigenvalue weighted by molar-refractivity contribution is 0.565. The van der Waals surface area contributed by atoms with Crippen molar-refractivity contribution in [2.45, 2.75) is 32.1 Å². The summed E-state index contributed by atoms with van der Waals surface area (Å²) in [6.45, 7) is 7.20. The minimum Gasteiger partial charge on any atom is -0.353 e. The van der Waals surface area contributed by atoms with Gasteiger partial charge in [-0.2, -0.15) is 0 Å². The summed E-state index contributed by atoms with van der Waals surface area (Å²) in [6, 6.07) is 9.72. The summed E-state index contributed by atoms with van der Waals surface area (Å²) in [5.41, 5.74) is 0.899. The van der Waals surface area contributed by atoms with Crippen LogP contribution in [0.3, 0.4) is 0 Å². The van der Waals surface area contributed by atoms with Crippen LogP contribution in [0.4, 0.5) is 11.6 Å². The van der Waals surface area contributed by atoms with E-state index in [2.05, 4.69) is 24.5 Å². The van der Waals surface area contributed by atoms with Gasteiger partial charge >= 0.3 is 0 Å². The summed E-state index contributed by atoms with van der Waals surface area (Å²) in [5.74, 6) is 1.84. The van der Waals surface area contributed by atoms with Crippen molar-refractivity contribution in [2.24, 2.45) is 0 Å². The van der Waals surface area contributed by atoms with E-state index in [0.29, 0.717) is 6.42 Å². The molecule has 1 aliphatic heterocycles. The topological polar surface area (TPSA) is 78.4 Å². The first-order valence-electron chi connectivity index (χ1n) is 9.34. The van der Waals surface area contributed by atoms with Crippen LogP contribution in [0.1, 0.15) is 25.8 Å². The lowest BCUT2D eigenvalue weighted by atomic mass is 10.2. The van der Waals surface area contributed by atoms with E-state index in [1.54, 1.807) is 13.1 Å². The number of anilines is 2. The average Bonchev–Trinajstić information content (AvgIpc) is 2.72. The zero-order valence-electron chi connectivity index (χ0n) is 15.9. The monoisotopic (exact) mass is 389 g/mol.